The summed E-state index contributed by atoms with van der Waals surface area (Å²) < 4.78 is 5.92. The molecule has 2 aromatic rings. The highest BCUT2D eigenvalue weighted by Gasteiger charge is 2.19. The van der Waals surface area contributed by atoms with Crippen molar-refractivity contribution in [3.8, 4) is 5.88 Å². The van der Waals surface area contributed by atoms with E-state index in [1.54, 1.807) is 0 Å². The number of allylic oxidation sites excluding steroid dienone is 2. The normalized spacial score (nSPS) is 22.1. The number of rotatable bonds is 3. The van der Waals surface area contributed by atoms with Crippen LogP contribution in [0.3, 0.4) is 0 Å². The molecule has 0 saturated carbocycles. The minimum Gasteiger partial charge on any atom is -0.476 e. The molecule has 0 bridgehead atoms. The third-order valence-corrected chi connectivity index (χ3v) is 4.24. The molecule has 4 heteroatoms. The number of ether oxygens (including phenoxy) is 1. The van der Waals surface area contributed by atoms with Crippen LogP contribution in [0.5, 0.6) is 5.88 Å². The van der Waals surface area contributed by atoms with Crippen molar-refractivity contribution in [1.29, 1.82) is 0 Å². The van der Waals surface area contributed by atoms with Gasteiger partial charge in [0.25, 0.3) is 0 Å². The second-order valence-electron chi connectivity index (χ2n) is 5.33. The molecule has 0 radical (unpaired) electrons. The number of benzene rings is 1. The summed E-state index contributed by atoms with van der Waals surface area (Å²) in [4.78, 5) is 0. The summed E-state index contributed by atoms with van der Waals surface area (Å²) in [6, 6.07) is 7.80. The van der Waals surface area contributed by atoms with Crippen LogP contribution in [-0.2, 0) is 0 Å². The van der Waals surface area contributed by atoms with E-state index < -0.39 is 0 Å². The molecule has 0 N–H and O–H groups in total. The predicted molar refractivity (Wildman–Crippen MR) is 81.1 cm³/mol. The van der Waals surface area contributed by atoms with E-state index in [2.05, 4.69) is 29.3 Å². The van der Waals surface area contributed by atoms with Gasteiger partial charge in [0.1, 0.15) is 0 Å². The lowest BCUT2D eigenvalue weighted by molar-refractivity contribution is 0.193. The number of fused-ring (bicyclic) bond motifs is 1. The number of aromatic nitrogens is 2. The Hall–Kier alpha value is -1.61. The molecule has 0 spiro atoms. The van der Waals surface area contributed by atoms with E-state index >= 15 is 0 Å². The van der Waals surface area contributed by atoms with Crippen LogP contribution in [0.1, 0.15) is 19.8 Å². The SMILES string of the molecule is CC1CC=CCC1COc1nnc(Cl)c2ccccc12. The van der Waals surface area contributed by atoms with Gasteiger partial charge in [-0.05, 0) is 30.7 Å². The fraction of sp³-hybridized carbons (Fsp3) is 0.375. The smallest absolute Gasteiger partial charge is 0.241 e. The van der Waals surface area contributed by atoms with Gasteiger partial charge in [0, 0.05) is 10.8 Å². The van der Waals surface area contributed by atoms with Crippen LogP contribution in [0.4, 0.5) is 0 Å². The van der Waals surface area contributed by atoms with Gasteiger partial charge in [-0.1, -0.05) is 48.9 Å². The van der Waals surface area contributed by atoms with E-state index in [1.807, 2.05) is 24.3 Å². The zero-order chi connectivity index (χ0) is 13.9. The monoisotopic (exact) mass is 288 g/mol. The summed E-state index contributed by atoms with van der Waals surface area (Å²) in [5, 5.41) is 10.3. The summed E-state index contributed by atoms with van der Waals surface area (Å²) in [5.74, 6) is 1.76. The van der Waals surface area contributed by atoms with Crippen LogP contribution in [0.15, 0.2) is 36.4 Å². The molecule has 3 nitrogen and oxygen atoms in total. The van der Waals surface area contributed by atoms with Crippen molar-refractivity contribution in [2.75, 3.05) is 6.61 Å². The molecule has 1 aromatic carbocycles. The molecule has 1 aliphatic carbocycles. The molecule has 2 unspecified atom stereocenters. The fourth-order valence-corrected chi connectivity index (χ4v) is 2.78. The minimum atomic E-state index is 0.418. The standard InChI is InChI=1S/C16H17ClN2O/c1-11-6-2-3-7-12(11)10-20-16-14-9-5-4-8-13(14)15(17)18-19-16/h2-5,8-9,11-12H,6-7,10H2,1H3. The van der Waals surface area contributed by atoms with Crippen LogP contribution in [-0.4, -0.2) is 16.8 Å². The maximum atomic E-state index is 6.06. The maximum absolute atomic E-state index is 6.06. The zero-order valence-corrected chi connectivity index (χ0v) is 12.2. The van der Waals surface area contributed by atoms with Crippen molar-refractivity contribution < 1.29 is 4.74 Å². The lowest BCUT2D eigenvalue weighted by Crippen LogP contribution is -2.21. The maximum Gasteiger partial charge on any atom is 0.241 e. The number of hydrogen-bond donors (Lipinski definition) is 0. The topological polar surface area (TPSA) is 35.0 Å². The highest BCUT2D eigenvalue weighted by molar-refractivity contribution is 6.34. The second kappa shape index (κ2) is 5.80. The van der Waals surface area contributed by atoms with Crippen LogP contribution in [0.2, 0.25) is 5.15 Å². The Bertz CT molecular complexity index is 641. The Morgan fingerprint density at radius 3 is 2.70 bits per heavy atom. The van der Waals surface area contributed by atoms with Crippen LogP contribution in [0, 0.1) is 11.8 Å². The minimum absolute atomic E-state index is 0.418. The van der Waals surface area contributed by atoms with Gasteiger partial charge in [0.15, 0.2) is 5.15 Å². The molecule has 0 aliphatic heterocycles. The van der Waals surface area contributed by atoms with E-state index in [4.69, 9.17) is 16.3 Å². The van der Waals surface area contributed by atoms with Crippen LogP contribution >= 0.6 is 11.6 Å². The molecule has 104 valence electrons. The molecule has 2 atom stereocenters. The largest absolute Gasteiger partial charge is 0.476 e. The number of nitrogens with zero attached hydrogens (tertiary/aromatic N) is 2. The Morgan fingerprint density at radius 2 is 1.90 bits per heavy atom. The highest BCUT2D eigenvalue weighted by Crippen LogP contribution is 2.29. The molecule has 1 heterocycles. The van der Waals surface area contributed by atoms with E-state index in [9.17, 15) is 0 Å². The Morgan fingerprint density at radius 1 is 1.15 bits per heavy atom. The first-order valence-electron chi connectivity index (χ1n) is 6.94. The van der Waals surface area contributed by atoms with E-state index in [1.165, 1.54) is 0 Å². The summed E-state index contributed by atoms with van der Waals surface area (Å²) >= 11 is 6.06. The molecule has 0 saturated heterocycles. The molecular weight excluding hydrogens is 272 g/mol. The first kappa shape index (κ1) is 13.4. The first-order valence-corrected chi connectivity index (χ1v) is 7.32. The van der Waals surface area contributed by atoms with E-state index in [0.717, 1.165) is 23.6 Å². The van der Waals surface area contributed by atoms with Crippen molar-refractivity contribution in [3.05, 3.63) is 41.6 Å². The van der Waals surface area contributed by atoms with Crippen molar-refractivity contribution in [3.63, 3.8) is 0 Å². The molecule has 3 rings (SSSR count). The van der Waals surface area contributed by atoms with Crippen LogP contribution in [0.25, 0.3) is 10.8 Å². The van der Waals surface area contributed by atoms with E-state index in [0.29, 0.717) is 29.5 Å². The molecule has 1 aromatic heterocycles. The first-order chi connectivity index (χ1) is 9.75. The van der Waals surface area contributed by atoms with Gasteiger partial charge in [0.2, 0.25) is 5.88 Å². The average molecular weight is 289 g/mol. The fourth-order valence-electron chi connectivity index (χ4n) is 2.58. The Balaban J connectivity index is 1.81. The zero-order valence-electron chi connectivity index (χ0n) is 11.4. The second-order valence-corrected chi connectivity index (χ2v) is 5.69. The van der Waals surface area contributed by atoms with Crippen molar-refractivity contribution in [2.24, 2.45) is 11.8 Å². The predicted octanol–water partition coefficient (Wildman–Crippen LogP) is 4.26. The van der Waals surface area contributed by atoms with Crippen LogP contribution < -0.4 is 4.74 Å². The summed E-state index contributed by atoms with van der Waals surface area (Å²) in [5.41, 5.74) is 0. The van der Waals surface area contributed by atoms with Gasteiger partial charge in [-0.3, -0.25) is 0 Å². The van der Waals surface area contributed by atoms with Gasteiger partial charge in [-0.2, -0.15) is 0 Å². The summed E-state index contributed by atoms with van der Waals surface area (Å²) in [7, 11) is 0. The lowest BCUT2D eigenvalue weighted by Gasteiger charge is -2.25. The van der Waals surface area contributed by atoms with Gasteiger partial charge >= 0.3 is 0 Å². The summed E-state index contributed by atoms with van der Waals surface area (Å²) in [6.45, 7) is 2.94. The third kappa shape index (κ3) is 2.63. The molecule has 1 aliphatic rings. The van der Waals surface area contributed by atoms with Gasteiger partial charge in [-0.15, -0.1) is 10.2 Å². The van der Waals surface area contributed by atoms with Gasteiger partial charge < -0.3 is 4.74 Å². The number of halogens is 1. The molecule has 20 heavy (non-hydrogen) atoms. The number of hydrogen-bond acceptors (Lipinski definition) is 3. The van der Waals surface area contributed by atoms with Gasteiger partial charge in [-0.25, -0.2) is 0 Å². The van der Waals surface area contributed by atoms with Crippen molar-refractivity contribution >= 4 is 22.4 Å². The molecule has 0 amide bonds. The van der Waals surface area contributed by atoms with Gasteiger partial charge in [0.05, 0.1) is 6.61 Å². The quantitative estimate of drug-likeness (QED) is 0.791. The van der Waals surface area contributed by atoms with E-state index in [-0.39, 0.29) is 0 Å². The summed E-state index contributed by atoms with van der Waals surface area (Å²) in [6.07, 6.45) is 6.68. The highest BCUT2D eigenvalue weighted by atomic mass is 35.5. The van der Waals surface area contributed by atoms with Crippen molar-refractivity contribution in [2.45, 2.75) is 19.8 Å². The average Bonchev–Trinajstić information content (AvgIpc) is 2.48. The van der Waals surface area contributed by atoms with Crippen molar-refractivity contribution in [1.82, 2.24) is 10.2 Å². The lowest BCUT2D eigenvalue weighted by atomic mass is 9.85. The Labute approximate surface area is 123 Å². The molecule has 0 fully saturated rings. The Kier molecular flexibility index (Phi) is 3.88. The third-order valence-electron chi connectivity index (χ3n) is 3.96. The molecular formula is C16H17ClN2O.